The van der Waals surface area contributed by atoms with Crippen LogP contribution in [0.2, 0.25) is 0 Å². The molecule has 17 heavy (non-hydrogen) atoms. The zero-order valence-electron chi connectivity index (χ0n) is 10.3. The van der Waals surface area contributed by atoms with Crippen LogP contribution in [0, 0.1) is 12.3 Å². The fourth-order valence-corrected chi connectivity index (χ4v) is 1.86. The predicted octanol–water partition coefficient (Wildman–Crippen LogP) is 3.91. The first-order valence-corrected chi connectivity index (χ1v) is 7.37. The van der Waals surface area contributed by atoms with Gasteiger partial charge in [-0.05, 0) is 30.0 Å². The molecular weight excluding hydrogens is 346 g/mol. The van der Waals surface area contributed by atoms with E-state index in [0.29, 0.717) is 6.54 Å². The smallest absolute Gasteiger partial charge is 0.251 e. The number of alkyl halides is 1. The standard InChI is InChI=1S/C13H17Br2NO/c1-9-4-5-10(15)6-11(9)12(17)16-8-13(2,3)7-14/h4-6H,7-8H2,1-3H3,(H,16,17). The van der Waals surface area contributed by atoms with Crippen molar-refractivity contribution in [2.24, 2.45) is 5.41 Å². The zero-order chi connectivity index (χ0) is 13.1. The number of carbonyl (C=O) groups is 1. The van der Waals surface area contributed by atoms with Crippen LogP contribution in [-0.2, 0) is 0 Å². The molecule has 1 N–H and O–H groups in total. The fraction of sp³-hybridized carbons (Fsp3) is 0.462. The summed E-state index contributed by atoms with van der Waals surface area (Å²) in [5.41, 5.74) is 1.78. The summed E-state index contributed by atoms with van der Waals surface area (Å²) in [4.78, 5) is 12.0. The van der Waals surface area contributed by atoms with Crippen LogP contribution in [0.1, 0.15) is 29.8 Å². The van der Waals surface area contributed by atoms with Gasteiger partial charge in [0.25, 0.3) is 5.91 Å². The molecule has 1 amide bonds. The summed E-state index contributed by atoms with van der Waals surface area (Å²) in [7, 11) is 0. The van der Waals surface area contributed by atoms with E-state index in [1.165, 1.54) is 0 Å². The summed E-state index contributed by atoms with van der Waals surface area (Å²) in [5, 5.41) is 3.83. The SMILES string of the molecule is Cc1ccc(Br)cc1C(=O)NCC(C)(C)CBr. The van der Waals surface area contributed by atoms with Gasteiger partial charge in [0.2, 0.25) is 0 Å². The van der Waals surface area contributed by atoms with Gasteiger partial charge in [0.1, 0.15) is 0 Å². The first kappa shape index (κ1) is 14.7. The van der Waals surface area contributed by atoms with Crippen LogP contribution in [0.3, 0.4) is 0 Å². The monoisotopic (exact) mass is 361 g/mol. The van der Waals surface area contributed by atoms with Crippen molar-refractivity contribution in [3.8, 4) is 0 Å². The third kappa shape index (κ3) is 4.43. The second-order valence-corrected chi connectivity index (χ2v) is 6.42. The Labute approximate surface area is 119 Å². The Morgan fingerprint density at radius 2 is 2.06 bits per heavy atom. The molecular formula is C13H17Br2NO. The van der Waals surface area contributed by atoms with E-state index in [1.54, 1.807) is 0 Å². The molecule has 0 spiro atoms. The molecule has 94 valence electrons. The summed E-state index contributed by atoms with van der Waals surface area (Å²) in [6, 6.07) is 5.73. The van der Waals surface area contributed by atoms with Crippen LogP contribution < -0.4 is 5.32 Å². The van der Waals surface area contributed by atoms with Crippen molar-refractivity contribution in [3.63, 3.8) is 0 Å². The molecule has 2 nitrogen and oxygen atoms in total. The van der Waals surface area contributed by atoms with E-state index < -0.39 is 0 Å². The van der Waals surface area contributed by atoms with Crippen molar-refractivity contribution in [2.45, 2.75) is 20.8 Å². The minimum atomic E-state index is -0.0159. The molecule has 0 saturated carbocycles. The van der Waals surface area contributed by atoms with Crippen molar-refractivity contribution in [2.75, 3.05) is 11.9 Å². The van der Waals surface area contributed by atoms with Crippen molar-refractivity contribution in [1.29, 1.82) is 0 Å². The highest BCUT2D eigenvalue weighted by molar-refractivity contribution is 9.10. The third-order valence-corrected chi connectivity index (χ3v) is 4.54. The molecule has 0 unspecified atom stereocenters. The maximum atomic E-state index is 12.0. The predicted molar refractivity (Wildman–Crippen MR) is 78.8 cm³/mol. The maximum absolute atomic E-state index is 12.0. The van der Waals surface area contributed by atoms with Gasteiger partial charge in [-0.15, -0.1) is 0 Å². The number of benzene rings is 1. The molecule has 0 bridgehead atoms. The third-order valence-electron chi connectivity index (χ3n) is 2.53. The Kier molecular flexibility index (Phi) is 5.20. The number of amides is 1. The number of aryl methyl sites for hydroxylation is 1. The largest absolute Gasteiger partial charge is 0.351 e. The van der Waals surface area contributed by atoms with Crippen molar-refractivity contribution in [1.82, 2.24) is 5.32 Å². The van der Waals surface area contributed by atoms with E-state index in [2.05, 4.69) is 51.0 Å². The Bertz CT molecular complexity index is 416. The molecule has 0 aliphatic carbocycles. The lowest BCUT2D eigenvalue weighted by Crippen LogP contribution is -2.35. The second kappa shape index (κ2) is 6.01. The summed E-state index contributed by atoms with van der Waals surface area (Å²) < 4.78 is 0.924. The molecule has 0 saturated heterocycles. The Hall–Kier alpha value is -0.350. The molecule has 0 heterocycles. The quantitative estimate of drug-likeness (QED) is 0.808. The highest BCUT2D eigenvalue weighted by Crippen LogP contribution is 2.18. The van der Waals surface area contributed by atoms with Gasteiger partial charge in [-0.3, -0.25) is 4.79 Å². The molecule has 0 aliphatic heterocycles. The topological polar surface area (TPSA) is 29.1 Å². The lowest BCUT2D eigenvalue weighted by molar-refractivity contribution is 0.0939. The van der Waals surface area contributed by atoms with Crippen LogP contribution in [0.25, 0.3) is 0 Å². The highest BCUT2D eigenvalue weighted by Gasteiger charge is 2.18. The Balaban J connectivity index is 2.74. The van der Waals surface area contributed by atoms with Crippen molar-refractivity contribution in [3.05, 3.63) is 33.8 Å². The minimum Gasteiger partial charge on any atom is -0.351 e. The highest BCUT2D eigenvalue weighted by atomic mass is 79.9. The maximum Gasteiger partial charge on any atom is 0.251 e. The molecule has 0 fully saturated rings. The van der Waals surface area contributed by atoms with Crippen LogP contribution in [0.5, 0.6) is 0 Å². The van der Waals surface area contributed by atoms with Crippen LogP contribution >= 0.6 is 31.9 Å². The lowest BCUT2D eigenvalue weighted by atomic mass is 9.96. The van der Waals surface area contributed by atoms with E-state index in [4.69, 9.17) is 0 Å². The fourth-order valence-electron chi connectivity index (χ4n) is 1.30. The van der Waals surface area contributed by atoms with E-state index in [0.717, 1.165) is 20.9 Å². The summed E-state index contributed by atoms with van der Waals surface area (Å²) in [5.74, 6) is -0.0159. The van der Waals surface area contributed by atoms with Gasteiger partial charge in [0.05, 0.1) is 0 Å². The van der Waals surface area contributed by atoms with Gasteiger partial charge >= 0.3 is 0 Å². The van der Waals surface area contributed by atoms with Crippen molar-refractivity contribution >= 4 is 37.8 Å². The normalized spacial score (nSPS) is 11.4. The van der Waals surface area contributed by atoms with Gasteiger partial charge in [0.15, 0.2) is 0 Å². The van der Waals surface area contributed by atoms with Crippen LogP contribution in [-0.4, -0.2) is 17.8 Å². The molecule has 0 aliphatic rings. The van der Waals surface area contributed by atoms with Gasteiger partial charge in [-0.25, -0.2) is 0 Å². The van der Waals surface area contributed by atoms with Crippen LogP contribution in [0.15, 0.2) is 22.7 Å². The lowest BCUT2D eigenvalue weighted by Gasteiger charge is -2.22. The molecule has 0 aromatic heterocycles. The van der Waals surface area contributed by atoms with E-state index >= 15 is 0 Å². The van der Waals surface area contributed by atoms with Crippen molar-refractivity contribution < 1.29 is 4.79 Å². The molecule has 1 aromatic rings. The summed E-state index contributed by atoms with van der Waals surface area (Å²) in [6.45, 7) is 6.81. The number of hydrogen-bond donors (Lipinski definition) is 1. The minimum absolute atomic E-state index is 0.0159. The Morgan fingerprint density at radius 3 is 2.65 bits per heavy atom. The van der Waals surface area contributed by atoms with Gasteiger partial charge < -0.3 is 5.32 Å². The van der Waals surface area contributed by atoms with E-state index in [9.17, 15) is 4.79 Å². The van der Waals surface area contributed by atoms with E-state index in [-0.39, 0.29) is 11.3 Å². The summed E-state index contributed by atoms with van der Waals surface area (Å²) in [6.07, 6.45) is 0. The average Bonchev–Trinajstić information content (AvgIpc) is 2.29. The zero-order valence-corrected chi connectivity index (χ0v) is 13.5. The first-order chi connectivity index (χ1) is 7.85. The number of nitrogens with one attached hydrogen (secondary N) is 1. The van der Waals surface area contributed by atoms with Gasteiger partial charge in [-0.2, -0.15) is 0 Å². The first-order valence-electron chi connectivity index (χ1n) is 5.46. The molecule has 4 heteroatoms. The van der Waals surface area contributed by atoms with Gasteiger partial charge in [0, 0.05) is 21.9 Å². The number of halogens is 2. The second-order valence-electron chi connectivity index (χ2n) is 4.94. The average molecular weight is 363 g/mol. The van der Waals surface area contributed by atoms with E-state index in [1.807, 2.05) is 25.1 Å². The number of carbonyl (C=O) groups excluding carboxylic acids is 1. The molecule has 0 radical (unpaired) electrons. The molecule has 0 atom stereocenters. The molecule has 1 aromatic carbocycles. The van der Waals surface area contributed by atoms with Gasteiger partial charge in [-0.1, -0.05) is 51.8 Å². The number of hydrogen-bond acceptors (Lipinski definition) is 1. The summed E-state index contributed by atoms with van der Waals surface area (Å²) >= 11 is 6.83. The Morgan fingerprint density at radius 1 is 1.41 bits per heavy atom. The number of rotatable bonds is 4. The van der Waals surface area contributed by atoms with Crippen LogP contribution in [0.4, 0.5) is 0 Å². The molecule has 1 rings (SSSR count).